The van der Waals surface area contributed by atoms with Gasteiger partial charge in [0.25, 0.3) is 0 Å². The van der Waals surface area contributed by atoms with Gasteiger partial charge in [0.15, 0.2) is 5.88 Å². The summed E-state index contributed by atoms with van der Waals surface area (Å²) in [5, 5.41) is 24.9. The molecule has 34 heavy (non-hydrogen) atoms. The van der Waals surface area contributed by atoms with Gasteiger partial charge in [0.1, 0.15) is 11.4 Å². The van der Waals surface area contributed by atoms with Crippen LogP contribution in [0.2, 0.25) is 0 Å². The average molecular weight is 465 g/mol. The third-order valence-electron chi connectivity index (χ3n) is 6.76. The molecule has 0 amide bonds. The standard InChI is InChI=1S/C27H36N4O3/c1-20-25(28-21(2)22-10-5-4-6-11-22)27(33)31(26(20)32)15-9-14-29-16-18-30(19-17-29)23-12-7-8-13-24(23)34-3/h4-8,10-13,21,28,32-33H,9,14-19H2,1-3H3. The van der Waals surface area contributed by atoms with E-state index in [9.17, 15) is 10.2 Å². The van der Waals surface area contributed by atoms with Gasteiger partial charge < -0.3 is 25.2 Å². The quantitative estimate of drug-likeness (QED) is 0.430. The predicted octanol–water partition coefficient (Wildman–Crippen LogP) is 4.60. The molecule has 1 fully saturated rings. The molecular formula is C27H36N4O3. The van der Waals surface area contributed by atoms with Crippen LogP contribution in [0.4, 0.5) is 11.4 Å². The van der Waals surface area contributed by atoms with E-state index in [1.807, 2.05) is 50.2 Å². The lowest BCUT2D eigenvalue weighted by molar-refractivity contribution is 0.246. The van der Waals surface area contributed by atoms with Gasteiger partial charge in [-0.15, -0.1) is 0 Å². The number of aromatic hydroxyl groups is 2. The Labute approximate surface area is 202 Å². The minimum atomic E-state index is 0.0144. The molecule has 0 radical (unpaired) electrons. The molecule has 0 saturated carbocycles. The number of ether oxygens (including phenoxy) is 1. The van der Waals surface area contributed by atoms with E-state index in [1.165, 1.54) is 0 Å². The van der Waals surface area contributed by atoms with Crippen LogP contribution in [-0.4, -0.2) is 59.5 Å². The summed E-state index contributed by atoms with van der Waals surface area (Å²) in [4.78, 5) is 4.81. The summed E-state index contributed by atoms with van der Waals surface area (Å²) < 4.78 is 7.12. The SMILES string of the molecule is COc1ccccc1N1CCN(CCCn2c(O)c(C)c(NC(C)c3ccccc3)c2O)CC1. The van der Waals surface area contributed by atoms with Crippen molar-refractivity contribution in [2.45, 2.75) is 32.9 Å². The van der Waals surface area contributed by atoms with Gasteiger partial charge in [0.05, 0.1) is 12.8 Å². The molecule has 7 heteroatoms. The number of nitrogens with zero attached hydrogens (tertiary/aromatic N) is 3. The van der Waals surface area contributed by atoms with Crippen LogP contribution >= 0.6 is 0 Å². The van der Waals surface area contributed by atoms with E-state index in [4.69, 9.17) is 4.74 Å². The molecule has 1 aromatic heterocycles. The van der Waals surface area contributed by atoms with Crippen molar-refractivity contribution < 1.29 is 14.9 Å². The topological polar surface area (TPSA) is 73.1 Å². The van der Waals surface area contributed by atoms with Crippen LogP contribution in [0.25, 0.3) is 0 Å². The Balaban J connectivity index is 1.31. The maximum absolute atomic E-state index is 10.8. The first-order valence-electron chi connectivity index (χ1n) is 12.0. The Hall–Kier alpha value is -3.32. The van der Waals surface area contributed by atoms with Gasteiger partial charge in [0.2, 0.25) is 5.88 Å². The number of hydrogen-bond donors (Lipinski definition) is 3. The molecule has 1 saturated heterocycles. The third-order valence-corrected chi connectivity index (χ3v) is 6.76. The van der Waals surface area contributed by atoms with Crippen molar-refractivity contribution in [2.24, 2.45) is 0 Å². The molecule has 182 valence electrons. The molecule has 3 aromatic rings. The van der Waals surface area contributed by atoms with E-state index < -0.39 is 0 Å². The van der Waals surface area contributed by atoms with Crippen molar-refractivity contribution in [2.75, 3.05) is 50.1 Å². The fraction of sp³-hybridized carbons (Fsp3) is 0.407. The summed E-state index contributed by atoms with van der Waals surface area (Å²) in [6, 6.07) is 18.3. The van der Waals surface area contributed by atoms with E-state index >= 15 is 0 Å². The Kier molecular flexibility index (Phi) is 7.53. The number of rotatable bonds is 9. The molecule has 7 nitrogen and oxygen atoms in total. The van der Waals surface area contributed by atoms with Crippen LogP contribution in [0.1, 0.15) is 30.5 Å². The zero-order valence-electron chi connectivity index (χ0n) is 20.4. The fourth-order valence-corrected chi connectivity index (χ4v) is 4.70. The fourth-order valence-electron chi connectivity index (χ4n) is 4.70. The number of aromatic nitrogens is 1. The molecule has 4 rings (SSSR count). The van der Waals surface area contributed by atoms with Gasteiger partial charge in [-0.25, -0.2) is 0 Å². The van der Waals surface area contributed by atoms with Crippen LogP contribution in [0.15, 0.2) is 54.6 Å². The van der Waals surface area contributed by atoms with E-state index in [0.717, 1.165) is 56.1 Å². The first-order valence-corrected chi connectivity index (χ1v) is 12.0. The predicted molar refractivity (Wildman–Crippen MR) is 137 cm³/mol. The molecule has 2 heterocycles. The van der Waals surface area contributed by atoms with E-state index in [-0.39, 0.29) is 17.8 Å². The maximum Gasteiger partial charge on any atom is 0.218 e. The highest BCUT2D eigenvalue weighted by molar-refractivity contribution is 5.65. The summed E-state index contributed by atoms with van der Waals surface area (Å²) in [5.41, 5.74) is 3.54. The van der Waals surface area contributed by atoms with Crippen LogP contribution in [0.5, 0.6) is 17.5 Å². The second kappa shape index (κ2) is 10.7. The van der Waals surface area contributed by atoms with E-state index in [2.05, 4.69) is 33.3 Å². The van der Waals surface area contributed by atoms with Gasteiger partial charge in [0, 0.05) is 44.3 Å². The van der Waals surface area contributed by atoms with Crippen molar-refractivity contribution in [3.8, 4) is 17.5 Å². The van der Waals surface area contributed by atoms with Gasteiger partial charge in [-0.3, -0.25) is 9.47 Å². The van der Waals surface area contributed by atoms with Crippen LogP contribution in [-0.2, 0) is 6.54 Å². The Bertz CT molecular complexity index is 1070. The summed E-state index contributed by atoms with van der Waals surface area (Å²) in [6.45, 7) is 9.21. The molecule has 1 unspecified atom stereocenters. The minimum Gasteiger partial charge on any atom is -0.495 e. The monoisotopic (exact) mass is 464 g/mol. The number of nitrogens with one attached hydrogen (secondary N) is 1. The number of anilines is 2. The molecule has 0 aliphatic carbocycles. The van der Waals surface area contributed by atoms with E-state index in [0.29, 0.717) is 17.8 Å². The Morgan fingerprint density at radius 3 is 2.29 bits per heavy atom. The molecule has 0 spiro atoms. The molecular weight excluding hydrogens is 428 g/mol. The number of para-hydroxylation sites is 2. The van der Waals surface area contributed by atoms with Crippen molar-refractivity contribution in [3.63, 3.8) is 0 Å². The molecule has 1 aliphatic rings. The van der Waals surface area contributed by atoms with Crippen molar-refractivity contribution in [1.82, 2.24) is 9.47 Å². The summed E-state index contributed by atoms with van der Waals surface area (Å²) >= 11 is 0. The zero-order chi connectivity index (χ0) is 24.1. The molecule has 0 bridgehead atoms. The second-order valence-electron chi connectivity index (χ2n) is 8.93. The zero-order valence-corrected chi connectivity index (χ0v) is 20.4. The molecule has 3 N–H and O–H groups in total. The second-order valence-corrected chi connectivity index (χ2v) is 8.93. The number of benzene rings is 2. The van der Waals surface area contributed by atoms with Gasteiger partial charge in [-0.1, -0.05) is 42.5 Å². The lowest BCUT2D eigenvalue weighted by Gasteiger charge is -2.36. The smallest absolute Gasteiger partial charge is 0.218 e. The number of hydrogen-bond acceptors (Lipinski definition) is 6. The lowest BCUT2D eigenvalue weighted by atomic mass is 10.1. The third kappa shape index (κ3) is 5.09. The van der Waals surface area contributed by atoms with Crippen molar-refractivity contribution in [3.05, 3.63) is 65.7 Å². The number of methoxy groups -OCH3 is 1. The maximum atomic E-state index is 10.8. The minimum absolute atomic E-state index is 0.0144. The van der Waals surface area contributed by atoms with Crippen molar-refractivity contribution >= 4 is 11.4 Å². The van der Waals surface area contributed by atoms with Crippen LogP contribution < -0.4 is 15.0 Å². The normalized spacial score (nSPS) is 15.3. The van der Waals surface area contributed by atoms with Gasteiger partial charge in [-0.2, -0.15) is 0 Å². The molecule has 1 atom stereocenters. The highest BCUT2D eigenvalue weighted by atomic mass is 16.5. The van der Waals surface area contributed by atoms with Gasteiger partial charge in [-0.05, 0) is 44.5 Å². The largest absolute Gasteiger partial charge is 0.495 e. The Morgan fingerprint density at radius 1 is 0.912 bits per heavy atom. The number of piperazine rings is 1. The van der Waals surface area contributed by atoms with Crippen LogP contribution in [0.3, 0.4) is 0 Å². The molecule has 1 aliphatic heterocycles. The summed E-state index contributed by atoms with van der Waals surface area (Å²) in [7, 11) is 1.71. The average Bonchev–Trinajstić information content (AvgIpc) is 3.08. The Morgan fingerprint density at radius 2 is 1.59 bits per heavy atom. The first kappa shape index (κ1) is 23.8. The van der Waals surface area contributed by atoms with E-state index in [1.54, 1.807) is 11.7 Å². The summed E-state index contributed by atoms with van der Waals surface area (Å²) in [5.74, 6) is 1.14. The highest BCUT2D eigenvalue weighted by Crippen LogP contribution is 2.39. The van der Waals surface area contributed by atoms with Crippen molar-refractivity contribution in [1.29, 1.82) is 0 Å². The lowest BCUT2D eigenvalue weighted by Crippen LogP contribution is -2.46. The van der Waals surface area contributed by atoms with Crippen LogP contribution in [0, 0.1) is 6.92 Å². The first-order chi connectivity index (χ1) is 16.5. The molecule has 2 aromatic carbocycles. The highest BCUT2D eigenvalue weighted by Gasteiger charge is 2.22. The van der Waals surface area contributed by atoms with Gasteiger partial charge >= 0.3 is 0 Å². The summed E-state index contributed by atoms with van der Waals surface area (Å²) in [6.07, 6.45) is 0.845.